The lowest BCUT2D eigenvalue weighted by atomic mass is 10.0. The van der Waals surface area contributed by atoms with Crippen LogP contribution in [0.4, 0.5) is 4.79 Å². The first-order valence-electron chi connectivity index (χ1n) is 11.4. The van der Waals surface area contributed by atoms with Crippen molar-refractivity contribution in [1.82, 2.24) is 19.9 Å². The SMILES string of the molecule is CCn1c([C@@H](CC(C)C)NC(=O)OCc2ccccc2)nc2cc(-c3ccncc3)ccc21. The van der Waals surface area contributed by atoms with Crippen LogP contribution in [0.2, 0.25) is 0 Å². The molecule has 0 fully saturated rings. The summed E-state index contributed by atoms with van der Waals surface area (Å²) in [5.74, 6) is 1.23. The fraction of sp³-hybridized carbons (Fsp3) is 0.296. The lowest BCUT2D eigenvalue weighted by molar-refractivity contribution is 0.133. The van der Waals surface area contributed by atoms with E-state index in [1.54, 1.807) is 12.4 Å². The summed E-state index contributed by atoms with van der Waals surface area (Å²) in [5.41, 5.74) is 5.11. The molecule has 0 unspecified atom stereocenters. The summed E-state index contributed by atoms with van der Waals surface area (Å²) in [6, 6.07) is 19.7. The Labute approximate surface area is 194 Å². The van der Waals surface area contributed by atoms with Crippen molar-refractivity contribution >= 4 is 17.1 Å². The van der Waals surface area contributed by atoms with Crippen molar-refractivity contribution in [3.63, 3.8) is 0 Å². The van der Waals surface area contributed by atoms with Gasteiger partial charge in [-0.25, -0.2) is 9.78 Å². The Morgan fingerprint density at radius 1 is 1.03 bits per heavy atom. The van der Waals surface area contributed by atoms with E-state index in [4.69, 9.17) is 9.72 Å². The van der Waals surface area contributed by atoms with Crippen LogP contribution < -0.4 is 5.32 Å². The number of alkyl carbamates (subject to hydrolysis) is 1. The van der Waals surface area contributed by atoms with E-state index in [0.29, 0.717) is 5.92 Å². The third-order valence-corrected chi connectivity index (χ3v) is 5.63. The minimum absolute atomic E-state index is 0.237. The minimum Gasteiger partial charge on any atom is -0.445 e. The normalized spacial score (nSPS) is 12.1. The molecule has 0 saturated carbocycles. The second kappa shape index (κ2) is 10.3. The Hall–Kier alpha value is -3.67. The highest BCUT2D eigenvalue weighted by Gasteiger charge is 2.23. The van der Waals surface area contributed by atoms with Crippen molar-refractivity contribution in [3.8, 4) is 11.1 Å². The van der Waals surface area contributed by atoms with Crippen LogP contribution in [-0.2, 0) is 17.9 Å². The molecular formula is C27H30N4O2. The molecule has 0 radical (unpaired) electrons. The summed E-state index contributed by atoms with van der Waals surface area (Å²) < 4.78 is 7.67. The van der Waals surface area contributed by atoms with Crippen molar-refractivity contribution in [3.05, 3.63) is 84.4 Å². The van der Waals surface area contributed by atoms with Gasteiger partial charge in [0.1, 0.15) is 12.4 Å². The molecule has 2 heterocycles. The van der Waals surface area contributed by atoms with E-state index in [-0.39, 0.29) is 12.6 Å². The first-order chi connectivity index (χ1) is 16.0. The molecule has 170 valence electrons. The van der Waals surface area contributed by atoms with Crippen LogP contribution in [0, 0.1) is 5.92 Å². The van der Waals surface area contributed by atoms with Crippen LogP contribution in [0.3, 0.4) is 0 Å². The Kier molecular flexibility index (Phi) is 7.03. The van der Waals surface area contributed by atoms with Gasteiger partial charge in [-0.1, -0.05) is 50.2 Å². The first-order valence-corrected chi connectivity index (χ1v) is 11.4. The van der Waals surface area contributed by atoms with Gasteiger partial charge in [-0.15, -0.1) is 0 Å². The van der Waals surface area contributed by atoms with Gasteiger partial charge in [0, 0.05) is 18.9 Å². The maximum absolute atomic E-state index is 12.7. The van der Waals surface area contributed by atoms with E-state index in [9.17, 15) is 4.79 Å². The van der Waals surface area contributed by atoms with Gasteiger partial charge in [-0.3, -0.25) is 4.98 Å². The zero-order valence-corrected chi connectivity index (χ0v) is 19.4. The van der Waals surface area contributed by atoms with E-state index in [1.165, 1.54) is 0 Å². The van der Waals surface area contributed by atoms with E-state index >= 15 is 0 Å². The van der Waals surface area contributed by atoms with Gasteiger partial charge in [0.2, 0.25) is 0 Å². The fourth-order valence-corrected chi connectivity index (χ4v) is 4.08. The molecule has 0 aliphatic heterocycles. The third kappa shape index (κ3) is 5.40. The molecule has 0 spiro atoms. The minimum atomic E-state index is -0.434. The summed E-state index contributed by atoms with van der Waals surface area (Å²) in [6.45, 7) is 7.38. The molecule has 4 aromatic rings. The molecule has 1 amide bonds. The average molecular weight is 443 g/mol. The van der Waals surface area contributed by atoms with Crippen molar-refractivity contribution in [1.29, 1.82) is 0 Å². The van der Waals surface area contributed by atoms with Crippen LogP contribution in [0.15, 0.2) is 73.1 Å². The molecule has 1 atom stereocenters. The van der Waals surface area contributed by atoms with Crippen molar-refractivity contribution < 1.29 is 9.53 Å². The zero-order valence-electron chi connectivity index (χ0n) is 19.4. The number of rotatable bonds is 8. The molecule has 0 saturated heterocycles. The number of ether oxygens (including phenoxy) is 1. The highest BCUT2D eigenvalue weighted by atomic mass is 16.5. The molecule has 6 heteroatoms. The molecule has 2 aromatic carbocycles. The van der Waals surface area contributed by atoms with Crippen LogP contribution in [-0.4, -0.2) is 20.6 Å². The lowest BCUT2D eigenvalue weighted by Gasteiger charge is -2.21. The van der Waals surface area contributed by atoms with Crippen LogP contribution >= 0.6 is 0 Å². The predicted octanol–water partition coefficient (Wildman–Crippen LogP) is 6.13. The standard InChI is InChI=1S/C27H30N4O2/c1-4-31-25-11-10-22(21-12-14-28-15-13-21)17-23(25)29-26(31)24(16-19(2)3)30-27(32)33-18-20-8-6-5-7-9-20/h5-15,17,19,24H,4,16,18H2,1-3H3,(H,30,32)/t24-/m1/s1. The number of hydrogen-bond donors (Lipinski definition) is 1. The monoisotopic (exact) mass is 442 g/mol. The quantitative estimate of drug-likeness (QED) is 0.356. The summed E-state index contributed by atoms with van der Waals surface area (Å²) in [6.07, 6.45) is 3.91. The van der Waals surface area contributed by atoms with Gasteiger partial charge in [0.05, 0.1) is 17.1 Å². The topological polar surface area (TPSA) is 69.0 Å². The summed E-state index contributed by atoms with van der Waals surface area (Å²) in [7, 11) is 0. The number of benzene rings is 2. The van der Waals surface area contributed by atoms with E-state index in [0.717, 1.165) is 46.5 Å². The zero-order chi connectivity index (χ0) is 23.2. The van der Waals surface area contributed by atoms with Crippen LogP contribution in [0.1, 0.15) is 44.6 Å². The van der Waals surface area contributed by atoms with E-state index < -0.39 is 6.09 Å². The Balaban J connectivity index is 1.61. The molecule has 2 aromatic heterocycles. The average Bonchev–Trinajstić information content (AvgIpc) is 3.21. The second-order valence-corrected chi connectivity index (χ2v) is 8.54. The van der Waals surface area contributed by atoms with Gasteiger partial charge >= 0.3 is 6.09 Å². The molecule has 6 nitrogen and oxygen atoms in total. The number of nitrogens with one attached hydrogen (secondary N) is 1. The number of pyridine rings is 1. The number of imidazole rings is 1. The molecular weight excluding hydrogens is 412 g/mol. The fourth-order valence-electron chi connectivity index (χ4n) is 4.08. The number of hydrogen-bond acceptors (Lipinski definition) is 4. The summed E-state index contributed by atoms with van der Waals surface area (Å²) in [4.78, 5) is 21.7. The largest absolute Gasteiger partial charge is 0.445 e. The Bertz CT molecular complexity index is 1200. The summed E-state index contributed by atoms with van der Waals surface area (Å²) in [5, 5.41) is 3.06. The van der Waals surface area contributed by atoms with E-state index in [1.807, 2.05) is 42.5 Å². The maximum atomic E-state index is 12.7. The van der Waals surface area contributed by atoms with Gasteiger partial charge in [0.25, 0.3) is 0 Å². The number of amides is 1. The molecule has 0 aliphatic rings. The van der Waals surface area contributed by atoms with Gasteiger partial charge in [-0.05, 0) is 60.2 Å². The molecule has 4 rings (SSSR count). The number of carbonyl (C=O) groups is 1. The number of aromatic nitrogens is 3. The molecule has 33 heavy (non-hydrogen) atoms. The van der Waals surface area contributed by atoms with Crippen molar-refractivity contribution in [2.24, 2.45) is 5.92 Å². The smallest absolute Gasteiger partial charge is 0.408 e. The molecule has 0 bridgehead atoms. The van der Waals surface area contributed by atoms with Crippen molar-refractivity contribution in [2.45, 2.75) is 46.4 Å². The molecule has 1 N–H and O–H groups in total. The van der Waals surface area contributed by atoms with Gasteiger partial charge in [0.15, 0.2) is 0 Å². The highest BCUT2D eigenvalue weighted by molar-refractivity contribution is 5.83. The van der Waals surface area contributed by atoms with Crippen LogP contribution in [0.25, 0.3) is 22.2 Å². The predicted molar refractivity (Wildman–Crippen MR) is 131 cm³/mol. The lowest BCUT2D eigenvalue weighted by Crippen LogP contribution is -2.32. The van der Waals surface area contributed by atoms with Gasteiger partial charge < -0.3 is 14.6 Å². The maximum Gasteiger partial charge on any atom is 0.408 e. The number of aryl methyl sites for hydroxylation is 1. The number of nitrogens with zero attached hydrogens (tertiary/aromatic N) is 3. The Morgan fingerprint density at radius 3 is 2.48 bits per heavy atom. The van der Waals surface area contributed by atoms with E-state index in [2.05, 4.69) is 53.8 Å². The summed E-state index contributed by atoms with van der Waals surface area (Å²) >= 11 is 0. The third-order valence-electron chi connectivity index (χ3n) is 5.63. The Morgan fingerprint density at radius 2 is 1.79 bits per heavy atom. The second-order valence-electron chi connectivity index (χ2n) is 8.54. The number of carbonyl (C=O) groups excluding carboxylic acids is 1. The van der Waals surface area contributed by atoms with Crippen molar-refractivity contribution in [2.75, 3.05) is 0 Å². The first kappa shape index (κ1) is 22.5. The molecule has 0 aliphatic carbocycles. The van der Waals surface area contributed by atoms with Gasteiger partial charge in [-0.2, -0.15) is 0 Å². The van der Waals surface area contributed by atoms with Crippen LogP contribution in [0.5, 0.6) is 0 Å². The number of fused-ring (bicyclic) bond motifs is 1. The highest BCUT2D eigenvalue weighted by Crippen LogP contribution is 2.29.